The van der Waals surface area contributed by atoms with Crippen molar-refractivity contribution in [3.8, 4) is 11.3 Å². The summed E-state index contributed by atoms with van der Waals surface area (Å²) < 4.78 is 5.12. The Kier molecular flexibility index (Phi) is 3.77. The lowest BCUT2D eigenvalue weighted by Gasteiger charge is -2.00. The van der Waals surface area contributed by atoms with Crippen molar-refractivity contribution in [2.24, 2.45) is 0 Å². The van der Waals surface area contributed by atoms with Crippen LogP contribution in [-0.4, -0.2) is 10.9 Å². The zero-order valence-electron chi connectivity index (χ0n) is 11.1. The third-order valence-corrected chi connectivity index (χ3v) is 4.07. The van der Waals surface area contributed by atoms with Crippen LogP contribution in [0.1, 0.15) is 16.1 Å². The van der Waals surface area contributed by atoms with Crippen molar-refractivity contribution in [1.29, 1.82) is 0 Å². The fourth-order valence-corrected chi connectivity index (χ4v) is 2.85. The third kappa shape index (κ3) is 2.84. The van der Waals surface area contributed by atoms with E-state index in [2.05, 4.69) is 10.3 Å². The molecule has 6 heteroatoms. The van der Waals surface area contributed by atoms with Gasteiger partial charge in [-0.3, -0.25) is 10.1 Å². The minimum atomic E-state index is -0.235. The van der Waals surface area contributed by atoms with Crippen LogP contribution in [0.2, 0.25) is 5.02 Å². The van der Waals surface area contributed by atoms with Crippen molar-refractivity contribution in [2.45, 2.75) is 6.92 Å². The number of nitrogens with zero attached hydrogens (tertiary/aromatic N) is 1. The first kappa shape index (κ1) is 13.9. The van der Waals surface area contributed by atoms with Gasteiger partial charge in [0.15, 0.2) is 5.13 Å². The summed E-state index contributed by atoms with van der Waals surface area (Å²) in [6.07, 6.45) is 1.49. The number of aromatic nitrogens is 1. The molecule has 1 N–H and O–H groups in total. The van der Waals surface area contributed by atoms with E-state index in [-0.39, 0.29) is 5.91 Å². The molecule has 0 fully saturated rings. The summed E-state index contributed by atoms with van der Waals surface area (Å²) in [5.74, 6) is 0.344. The van der Waals surface area contributed by atoms with Crippen LogP contribution in [0.15, 0.2) is 46.4 Å². The number of rotatable bonds is 3. The van der Waals surface area contributed by atoms with Crippen molar-refractivity contribution >= 4 is 34.0 Å². The quantitative estimate of drug-likeness (QED) is 0.766. The molecule has 0 bridgehead atoms. The van der Waals surface area contributed by atoms with Crippen LogP contribution in [0.3, 0.4) is 0 Å². The molecule has 0 saturated heterocycles. The predicted molar refractivity (Wildman–Crippen MR) is 84.0 cm³/mol. The molecular weight excluding hydrogens is 308 g/mol. The zero-order valence-corrected chi connectivity index (χ0v) is 12.7. The van der Waals surface area contributed by atoms with Crippen LogP contribution < -0.4 is 5.32 Å². The molecule has 106 valence electrons. The molecule has 0 aliphatic carbocycles. The number of amides is 1. The van der Waals surface area contributed by atoms with E-state index < -0.39 is 0 Å². The lowest BCUT2D eigenvalue weighted by atomic mass is 10.2. The molecule has 0 radical (unpaired) electrons. The zero-order chi connectivity index (χ0) is 14.8. The second kappa shape index (κ2) is 5.71. The first-order valence-electron chi connectivity index (χ1n) is 6.21. The highest BCUT2D eigenvalue weighted by atomic mass is 35.5. The molecule has 2 aromatic heterocycles. The summed E-state index contributed by atoms with van der Waals surface area (Å²) >= 11 is 7.49. The SMILES string of the molecule is Cc1occc1C(=O)Nc1nc(-c2ccccc2Cl)cs1. The Morgan fingerprint density at radius 3 is 2.86 bits per heavy atom. The minimum Gasteiger partial charge on any atom is -0.469 e. The maximum Gasteiger partial charge on any atom is 0.260 e. The summed E-state index contributed by atoms with van der Waals surface area (Å²) in [7, 11) is 0. The van der Waals surface area contributed by atoms with Gasteiger partial charge in [0.25, 0.3) is 5.91 Å². The Hall–Kier alpha value is -2.11. The number of hydrogen-bond donors (Lipinski definition) is 1. The second-order valence-electron chi connectivity index (χ2n) is 4.36. The summed E-state index contributed by atoms with van der Waals surface area (Å²) in [4.78, 5) is 16.5. The molecule has 0 aliphatic heterocycles. The average Bonchev–Trinajstić information content (AvgIpc) is 3.08. The maximum absolute atomic E-state index is 12.1. The van der Waals surface area contributed by atoms with E-state index in [1.54, 1.807) is 13.0 Å². The molecule has 0 spiro atoms. The number of furan rings is 1. The van der Waals surface area contributed by atoms with Crippen molar-refractivity contribution in [2.75, 3.05) is 5.32 Å². The van der Waals surface area contributed by atoms with Gasteiger partial charge in [0.05, 0.1) is 17.5 Å². The Bertz CT molecular complexity index is 794. The van der Waals surface area contributed by atoms with E-state index in [0.717, 1.165) is 11.3 Å². The van der Waals surface area contributed by atoms with Crippen LogP contribution >= 0.6 is 22.9 Å². The van der Waals surface area contributed by atoms with Crippen molar-refractivity contribution in [3.63, 3.8) is 0 Å². The molecular formula is C15H11ClN2O2S. The first-order valence-corrected chi connectivity index (χ1v) is 7.47. The fourth-order valence-electron chi connectivity index (χ4n) is 1.91. The minimum absolute atomic E-state index is 0.235. The van der Waals surface area contributed by atoms with E-state index in [1.807, 2.05) is 29.6 Å². The number of anilines is 1. The van der Waals surface area contributed by atoms with E-state index in [9.17, 15) is 4.79 Å². The number of benzene rings is 1. The number of halogens is 1. The molecule has 1 aromatic carbocycles. The number of aryl methyl sites for hydroxylation is 1. The molecule has 1 amide bonds. The fraction of sp³-hybridized carbons (Fsp3) is 0.0667. The van der Waals surface area contributed by atoms with Gasteiger partial charge in [0, 0.05) is 16.0 Å². The first-order chi connectivity index (χ1) is 10.1. The number of carbonyl (C=O) groups excluding carboxylic acids is 1. The van der Waals surface area contributed by atoms with Gasteiger partial charge in [-0.05, 0) is 19.1 Å². The predicted octanol–water partition coefficient (Wildman–Crippen LogP) is 4.62. The summed E-state index contributed by atoms with van der Waals surface area (Å²) in [5, 5.41) is 5.77. The standard InChI is InChI=1S/C15H11ClN2O2S/c1-9-10(6-7-20-9)14(19)18-15-17-13(8-21-15)11-4-2-3-5-12(11)16/h2-8H,1H3,(H,17,18,19). The second-order valence-corrected chi connectivity index (χ2v) is 5.63. The molecule has 0 aliphatic rings. The largest absolute Gasteiger partial charge is 0.469 e. The topological polar surface area (TPSA) is 55.1 Å². The van der Waals surface area contributed by atoms with Crippen LogP contribution in [0.5, 0.6) is 0 Å². The van der Waals surface area contributed by atoms with Crippen LogP contribution in [0.4, 0.5) is 5.13 Å². The van der Waals surface area contributed by atoms with Gasteiger partial charge >= 0.3 is 0 Å². The smallest absolute Gasteiger partial charge is 0.260 e. The molecule has 0 saturated carbocycles. The number of nitrogens with one attached hydrogen (secondary N) is 1. The maximum atomic E-state index is 12.1. The molecule has 3 aromatic rings. The molecule has 0 unspecified atom stereocenters. The van der Waals surface area contributed by atoms with Crippen molar-refractivity contribution in [3.05, 3.63) is 58.3 Å². The number of hydrogen-bond acceptors (Lipinski definition) is 4. The van der Waals surface area contributed by atoms with E-state index in [0.29, 0.717) is 21.5 Å². The molecule has 2 heterocycles. The molecule has 0 atom stereocenters. The highest BCUT2D eigenvalue weighted by Crippen LogP contribution is 2.30. The van der Waals surface area contributed by atoms with Gasteiger partial charge in [0.2, 0.25) is 0 Å². The van der Waals surface area contributed by atoms with Gasteiger partial charge < -0.3 is 4.42 Å². The Morgan fingerprint density at radius 2 is 2.14 bits per heavy atom. The van der Waals surface area contributed by atoms with E-state index >= 15 is 0 Å². The Morgan fingerprint density at radius 1 is 1.33 bits per heavy atom. The van der Waals surface area contributed by atoms with Crippen molar-refractivity contribution < 1.29 is 9.21 Å². The van der Waals surface area contributed by atoms with Crippen molar-refractivity contribution in [1.82, 2.24) is 4.98 Å². The number of thiazole rings is 1. The van der Waals surface area contributed by atoms with Crippen LogP contribution in [-0.2, 0) is 0 Å². The van der Waals surface area contributed by atoms with Gasteiger partial charge in [-0.25, -0.2) is 4.98 Å². The lowest BCUT2D eigenvalue weighted by Crippen LogP contribution is -2.11. The number of carbonyl (C=O) groups is 1. The normalized spacial score (nSPS) is 10.6. The van der Waals surface area contributed by atoms with E-state index in [4.69, 9.17) is 16.0 Å². The highest BCUT2D eigenvalue weighted by molar-refractivity contribution is 7.14. The summed E-state index contributed by atoms with van der Waals surface area (Å²) in [6, 6.07) is 9.09. The average molecular weight is 319 g/mol. The Balaban J connectivity index is 1.82. The highest BCUT2D eigenvalue weighted by Gasteiger charge is 2.14. The third-order valence-electron chi connectivity index (χ3n) is 2.98. The van der Waals surface area contributed by atoms with Gasteiger partial charge in [-0.1, -0.05) is 29.8 Å². The Labute approximate surface area is 130 Å². The lowest BCUT2D eigenvalue weighted by molar-refractivity contribution is 0.102. The monoisotopic (exact) mass is 318 g/mol. The summed E-state index contributed by atoms with van der Waals surface area (Å²) in [6.45, 7) is 1.74. The molecule has 21 heavy (non-hydrogen) atoms. The molecule has 4 nitrogen and oxygen atoms in total. The summed E-state index contributed by atoms with van der Waals surface area (Å²) in [5.41, 5.74) is 2.09. The van der Waals surface area contributed by atoms with Crippen LogP contribution in [0.25, 0.3) is 11.3 Å². The molecule has 3 rings (SSSR count). The van der Waals surface area contributed by atoms with Gasteiger partial charge in [-0.15, -0.1) is 11.3 Å². The van der Waals surface area contributed by atoms with Gasteiger partial charge in [-0.2, -0.15) is 0 Å². The van der Waals surface area contributed by atoms with Gasteiger partial charge in [0.1, 0.15) is 5.76 Å². The van der Waals surface area contributed by atoms with Crippen LogP contribution in [0, 0.1) is 6.92 Å². The van der Waals surface area contributed by atoms with E-state index in [1.165, 1.54) is 17.6 Å².